The molecule has 1 aromatic heterocycles. The van der Waals surface area contributed by atoms with E-state index in [1.165, 1.54) is 0 Å². The molecule has 0 unspecified atom stereocenters. The number of halogens is 1. The Bertz CT molecular complexity index is 593. The molecule has 6 heteroatoms. The highest BCUT2D eigenvalue weighted by atomic mass is 35.5. The average molecular weight is 294 g/mol. The molecule has 1 heterocycles. The van der Waals surface area contributed by atoms with E-state index in [0.717, 1.165) is 5.75 Å². The van der Waals surface area contributed by atoms with Crippen LogP contribution in [0.15, 0.2) is 36.5 Å². The van der Waals surface area contributed by atoms with E-state index in [1.54, 1.807) is 48.1 Å². The number of hydrogen-bond acceptors (Lipinski definition) is 3. The Labute approximate surface area is 122 Å². The van der Waals surface area contributed by atoms with Gasteiger partial charge >= 0.3 is 0 Å². The molecule has 0 atom stereocenters. The van der Waals surface area contributed by atoms with E-state index >= 15 is 0 Å². The van der Waals surface area contributed by atoms with Crippen LogP contribution in [-0.2, 0) is 7.05 Å². The van der Waals surface area contributed by atoms with Crippen molar-refractivity contribution in [3.8, 4) is 5.75 Å². The first-order valence-electron chi connectivity index (χ1n) is 6.14. The zero-order valence-corrected chi connectivity index (χ0v) is 11.9. The lowest BCUT2D eigenvalue weighted by atomic mass is 10.3. The monoisotopic (exact) mass is 293 g/mol. The van der Waals surface area contributed by atoms with Crippen LogP contribution in [0.25, 0.3) is 0 Å². The summed E-state index contributed by atoms with van der Waals surface area (Å²) in [5.41, 5.74) is 6.78. The van der Waals surface area contributed by atoms with Crippen LogP contribution in [0.1, 0.15) is 10.5 Å². The number of rotatable bonds is 5. The smallest absolute Gasteiger partial charge is 0.268 e. The second-order valence-electron chi connectivity index (χ2n) is 4.33. The van der Waals surface area contributed by atoms with Gasteiger partial charge < -0.3 is 20.4 Å². The molecule has 5 nitrogen and oxygen atoms in total. The maximum absolute atomic E-state index is 11.9. The molecule has 2 rings (SSSR count). The van der Waals surface area contributed by atoms with Gasteiger partial charge in [0.2, 0.25) is 0 Å². The summed E-state index contributed by atoms with van der Waals surface area (Å²) in [5.74, 6) is 0.538. The van der Waals surface area contributed by atoms with Crippen molar-refractivity contribution in [2.75, 3.05) is 18.9 Å². The van der Waals surface area contributed by atoms with Crippen molar-refractivity contribution in [3.05, 3.63) is 47.2 Å². The van der Waals surface area contributed by atoms with Crippen molar-refractivity contribution in [3.63, 3.8) is 0 Å². The van der Waals surface area contributed by atoms with E-state index in [2.05, 4.69) is 5.32 Å². The van der Waals surface area contributed by atoms with E-state index in [4.69, 9.17) is 22.1 Å². The van der Waals surface area contributed by atoms with Gasteiger partial charge in [-0.1, -0.05) is 11.6 Å². The largest absolute Gasteiger partial charge is 0.492 e. The zero-order chi connectivity index (χ0) is 14.5. The highest BCUT2D eigenvalue weighted by Gasteiger charge is 2.10. The molecule has 0 aliphatic heterocycles. The van der Waals surface area contributed by atoms with E-state index < -0.39 is 0 Å². The highest BCUT2D eigenvalue weighted by Crippen LogP contribution is 2.13. The number of nitrogen functional groups attached to an aromatic ring is 1. The molecule has 106 valence electrons. The summed E-state index contributed by atoms with van der Waals surface area (Å²) in [6, 6.07) is 8.72. The molecule has 0 bridgehead atoms. The minimum atomic E-state index is -0.180. The van der Waals surface area contributed by atoms with Gasteiger partial charge in [0.05, 0.1) is 11.6 Å². The Morgan fingerprint density at radius 3 is 2.70 bits per heavy atom. The molecular formula is C14H16ClN3O2. The fourth-order valence-corrected chi connectivity index (χ4v) is 1.99. The normalized spacial score (nSPS) is 10.3. The Morgan fingerprint density at radius 1 is 1.40 bits per heavy atom. The first-order valence-corrected chi connectivity index (χ1v) is 6.52. The summed E-state index contributed by atoms with van der Waals surface area (Å²) < 4.78 is 7.16. The van der Waals surface area contributed by atoms with Gasteiger partial charge in [0.15, 0.2) is 0 Å². The predicted molar refractivity (Wildman–Crippen MR) is 79.1 cm³/mol. The molecule has 20 heavy (non-hydrogen) atoms. The number of ether oxygens (including phenoxy) is 1. The maximum atomic E-state index is 11.9. The summed E-state index contributed by atoms with van der Waals surface area (Å²) >= 11 is 5.83. The van der Waals surface area contributed by atoms with E-state index in [-0.39, 0.29) is 5.91 Å². The maximum Gasteiger partial charge on any atom is 0.268 e. The van der Waals surface area contributed by atoms with Crippen molar-refractivity contribution in [1.82, 2.24) is 9.88 Å². The van der Waals surface area contributed by atoms with Gasteiger partial charge in [0.1, 0.15) is 18.1 Å². The van der Waals surface area contributed by atoms with Crippen molar-refractivity contribution in [1.29, 1.82) is 0 Å². The van der Waals surface area contributed by atoms with Crippen molar-refractivity contribution in [2.24, 2.45) is 7.05 Å². The number of amides is 1. The number of nitrogens with one attached hydrogen (secondary N) is 1. The Kier molecular flexibility index (Phi) is 4.53. The van der Waals surface area contributed by atoms with Crippen LogP contribution in [0.2, 0.25) is 5.02 Å². The van der Waals surface area contributed by atoms with Gasteiger partial charge in [-0.2, -0.15) is 0 Å². The minimum Gasteiger partial charge on any atom is -0.492 e. The molecule has 0 aliphatic rings. The lowest BCUT2D eigenvalue weighted by Gasteiger charge is -2.08. The lowest BCUT2D eigenvalue weighted by Crippen LogP contribution is -2.29. The molecule has 0 saturated carbocycles. The first kappa shape index (κ1) is 14.3. The highest BCUT2D eigenvalue weighted by molar-refractivity contribution is 6.31. The van der Waals surface area contributed by atoms with Crippen LogP contribution in [0, 0.1) is 0 Å². The molecule has 0 radical (unpaired) electrons. The Hall–Kier alpha value is -2.14. The lowest BCUT2D eigenvalue weighted by molar-refractivity contribution is 0.0939. The number of carbonyl (C=O) groups is 1. The Balaban J connectivity index is 1.77. The number of anilines is 1. The number of nitrogens with two attached hydrogens (primary N) is 1. The number of benzene rings is 1. The van der Waals surface area contributed by atoms with Crippen molar-refractivity contribution >= 4 is 23.2 Å². The van der Waals surface area contributed by atoms with Gasteiger partial charge in [-0.3, -0.25) is 4.79 Å². The van der Waals surface area contributed by atoms with Crippen molar-refractivity contribution in [2.45, 2.75) is 0 Å². The fraction of sp³-hybridized carbons (Fsp3) is 0.214. The van der Waals surface area contributed by atoms with Gasteiger partial charge in [-0.15, -0.1) is 0 Å². The van der Waals surface area contributed by atoms with Crippen LogP contribution >= 0.6 is 11.6 Å². The first-order chi connectivity index (χ1) is 9.56. The van der Waals surface area contributed by atoms with Crippen LogP contribution in [0.4, 0.5) is 5.69 Å². The third-order valence-electron chi connectivity index (χ3n) is 2.74. The van der Waals surface area contributed by atoms with E-state index in [9.17, 15) is 4.79 Å². The molecule has 2 aromatic rings. The number of carbonyl (C=O) groups excluding carboxylic acids is 1. The fourth-order valence-electron chi connectivity index (χ4n) is 1.74. The summed E-state index contributed by atoms with van der Waals surface area (Å²) in [4.78, 5) is 11.9. The van der Waals surface area contributed by atoms with Gasteiger partial charge in [0, 0.05) is 18.9 Å². The van der Waals surface area contributed by atoms with Crippen LogP contribution in [0.3, 0.4) is 0 Å². The molecule has 0 spiro atoms. The number of aryl methyl sites for hydroxylation is 1. The summed E-state index contributed by atoms with van der Waals surface area (Å²) in [6.07, 6.45) is 1.68. The molecule has 0 fully saturated rings. The van der Waals surface area contributed by atoms with Gasteiger partial charge in [-0.25, -0.2) is 0 Å². The number of aromatic nitrogens is 1. The van der Waals surface area contributed by atoms with Crippen molar-refractivity contribution < 1.29 is 9.53 Å². The second kappa shape index (κ2) is 6.34. The quantitative estimate of drug-likeness (QED) is 0.655. The SMILES string of the molecule is Cn1cc(Cl)cc1C(=O)NCCOc1ccc(N)cc1. The second-order valence-corrected chi connectivity index (χ2v) is 4.76. The molecule has 0 saturated heterocycles. The Morgan fingerprint density at radius 2 is 2.10 bits per heavy atom. The average Bonchev–Trinajstić information content (AvgIpc) is 2.75. The molecule has 1 amide bonds. The third-order valence-corrected chi connectivity index (χ3v) is 2.95. The van der Waals surface area contributed by atoms with E-state index in [0.29, 0.717) is 29.6 Å². The zero-order valence-electron chi connectivity index (χ0n) is 11.1. The van der Waals surface area contributed by atoms with E-state index in [1.807, 2.05) is 0 Å². The molecular weight excluding hydrogens is 278 g/mol. The number of hydrogen-bond donors (Lipinski definition) is 2. The van der Waals surface area contributed by atoms with Crippen LogP contribution in [-0.4, -0.2) is 23.6 Å². The molecule has 3 N–H and O–H groups in total. The van der Waals surface area contributed by atoms with Gasteiger partial charge in [-0.05, 0) is 30.3 Å². The van der Waals surface area contributed by atoms with Crippen LogP contribution < -0.4 is 15.8 Å². The standard InChI is InChI=1S/C14H16ClN3O2/c1-18-9-10(15)8-13(18)14(19)17-6-7-20-12-4-2-11(16)3-5-12/h2-5,8-9H,6-7,16H2,1H3,(H,17,19). The topological polar surface area (TPSA) is 69.3 Å². The van der Waals surface area contributed by atoms with Gasteiger partial charge in [0.25, 0.3) is 5.91 Å². The predicted octanol–water partition coefficient (Wildman–Crippen LogP) is 2.07. The third kappa shape index (κ3) is 3.68. The molecule has 0 aliphatic carbocycles. The number of nitrogens with zero attached hydrogens (tertiary/aromatic N) is 1. The van der Waals surface area contributed by atoms with Crippen LogP contribution in [0.5, 0.6) is 5.75 Å². The summed E-state index contributed by atoms with van der Waals surface area (Å²) in [7, 11) is 1.77. The summed E-state index contributed by atoms with van der Waals surface area (Å²) in [5, 5.41) is 3.30. The minimum absolute atomic E-state index is 0.180. The molecule has 1 aromatic carbocycles. The summed E-state index contributed by atoms with van der Waals surface area (Å²) in [6.45, 7) is 0.791.